The van der Waals surface area contributed by atoms with E-state index in [2.05, 4.69) is 4.98 Å². The van der Waals surface area contributed by atoms with E-state index in [1.807, 2.05) is 19.1 Å². The third kappa shape index (κ3) is 5.55. The van der Waals surface area contributed by atoms with Gasteiger partial charge in [-0.05, 0) is 44.9 Å². The van der Waals surface area contributed by atoms with Crippen LogP contribution in [0.25, 0.3) is 10.4 Å². The maximum Gasteiger partial charge on any atom is 0.408 e. The molecule has 0 saturated heterocycles. The molecule has 10 nitrogen and oxygen atoms in total. The summed E-state index contributed by atoms with van der Waals surface area (Å²) in [5.74, 6) is 0. The van der Waals surface area contributed by atoms with Gasteiger partial charge in [-0.25, -0.2) is 18.2 Å². The van der Waals surface area contributed by atoms with Crippen LogP contribution in [0, 0.1) is 17.0 Å². The average Bonchev–Trinajstić information content (AvgIpc) is 3.23. The fourth-order valence-electron chi connectivity index (χ4n) is 4.00. The molecule has 0 bridgehead atoms. The Bertz CT molecular complexity index is 1360. The van der Waals surface area contributed by atoms with Gasteiger partial charge in [-0.2, -0.15) is 4.31 Å². The summed E-state index contributed by atoms with van der Waals surface area (Å²) < 4.78 is 27.7. The Morgan fingerprint density at radius 1 is 1.17 bits per heavy atom. The second kappa shape index (κ2) is 10.3. The summed E-state index contributed by atoms with van der Waals surface area (Å²) >= 11 is 1.49. The Hall–Kier alpha value is -3.35. The normalized spacial score (nSPS) is 12.9. The molecule has 3 rings (SSSR count). The Kier molecular flexibility index (Phi) is 7.82. The molecule has 0 aliphatic heterocycles. The lowest BCUT2D eigenvalue weighted by molar-refractivity contribution is -0.387. The standard InChI is InChI=1S/C24H28N4O6S2/c1-16-22(35-15-25-16)18-12-10-17(11-13-18)20(27(23(29)30)24(2,3)4)14-26(5)36(33,34)21-9-7-6-8-19(21)28(31)32/h6-13,15,20H,14H2,1-5H3,(H,29,30). The van der Waals surface area contributed by atoms with Crippen LogP contribution in [-0.4, -0.2) is 57.9 Å². The number of hydrogen-bond donors (Lipinski definition) is 1. The summed E-state index contributed by atoms with van der Waals surface area (Å²) in [6, 6.07) is 11.4. The fraction of sp³-hybridized carbons (Fsp3) is 0.333. The monoisotopic (exact) mass is 532 g/mol. The number of amides is 1. The molecule has 2 aromatic carbocycles. The molecule has 1 heterocycles. The van der Waals surface area contributed by atoms with Crippen molar-refractivity contribution in [3.63, 3.8) is 0 Å². The quantitative estimate of drug-likeness (QED) is 0.312. The number of nitro groups is 1. The highest BCUT2D eigenvalue weighted by molar-refractivity contribution is 7.89. The van der Waals surface area contributed by atoms with Gasteiger partial charge in [0.1, 0.15) is 0 Å². The minimum atomic E-state index is -4.31. The van der Waals surface area contributed by atoms with E-state index in [1.165, 1.54) is 41.5 Å². The number of aromatic nitrogens is 1. The first-order valence-electron chi connectivity index (χ1n) is 11.0. The predicted octanol–water partition coefficient (Wildman–Crippen LogP) is 5.17. The molecule has 1 aromatic heterocycles. The van der Waals surface area contributed by atoms with Gasteiger partial charge in [0.2, 0.25) is 10.0 Å². The number of nitrogens with zero attached hydrogens (tertiary/aromatic N) is 4. The molecule has 192 valence electrons. The van der Waals surface area contributed by atoms with Crippen molar-refractivity contribution >= 4 is 33.1 Å². The van der Waals surface area contributed by atoms with Crippen LogP contribution in [0.1, 0.15) is 38.1 Å². The lowest BCUT2D eigenvalue weighted by Gasteiger charge is -2.41. The molecule has 3 aromatic rings. The number of sulfonamides is 1. The topological polar surface area (TPSA) is 134 Å². The van der Waals surface area contributed by atoms with Crippen LogP contribution in [-0.2, 0) is 10.0 Å². The fourth-order valence-corrected chi connectivity index (χ4v) is 6.14. The van der Waals surface area contributed by atoms with Gasteiger partial charge in [-0.15, -0.1) is 11.3 Å². The van der Waals surface area contributed by atoms with Crippen molar-refractivity contribution in [1.82, 2.24) is 14.2 Å². The van der Waals surface area contributed by atoms with Crippen molar-refractivity contribution in [2.75, 3.05) is 13.6 Å². The van der Waals surface area contributed by atoms with E-state index in [4.69, 9.17) is 0 Å². The molecule has 36 heavy (non-hydrogen) atoms. The smallest absolute Gasteiger partial charge is 0.408 e. The lowest BCUT2D eigenvalue weighted by atomic mass is 9.97. The second-order valence-electron chi connectivity index (χ2n) is 9.24. The molecule has 1 unspecified atom stereocenters. The maximum atomic E-state index is 13.4. The van der Waals surface area contributed by atoms with Gasteiger partial charge < -0.3 is 5.11 Å². The van der Waals surface area contributed by atoms with Crippen LogP contribution >= 0.6 is 11.3 Å². The predicted molar refractivity (Wildman–Crippen MR) is 138 cm³/mol. The summed E-state index contributed by atoms with van der Waals surface area (Å²) in [4.78, 5) is 29.1. The molecule has 1 atom stereocenters. The number of thiazole rings is 1. The van der Waals surface area contributed by atoms with Crippen LogP contribution in [0.2, 0.25) is 0 Å². The van der Waals surface area contributed by atoms with Crippen LogP contribution in [0.5, 0.6) is 0 Å². The van der Waals surface area contributed by atoms with Crippen molar-refractivity contribution < 1.29 is 23.2 Å². The highest BCUT2D eigenvalue weighted by Gasteiger charge is 2.38. The van der Waals surface area contributed by atoms with E-state index in [0.29, 0.717) is 5.56 Å². The maximum absolute atomic E-state index is 13.4. The van der Waals surface area contributed by atoms with E-state index in [-0.39, 0.29) is 6.54 Å². The Morgan fingerprint density at radius 2 is 1.78 bits per heavy atom. The highest BCUT2D eigenvalue weighted by Crippen LogP contribution is 2.34. The molecule has 0 saturated carbocycles. The van der Waals surface area contributed by atoms with Crippen LogP contribution in [0.4, 0.5) is 10.5 Å². The van der Waals surface area contributed by atoms with Gasteiger partial charge in [0.15, 0.2) is 4.90 Å². The minimum Gasteiger partial charge on any atom is -0.465 e. The molecule has 12 heteroatoms. The molecule has 0 aliphatic carbocycles. The number of nitro benzene ring substituents is 1. The van der Waals surface area contributed by atoms with Crippen LogP contribution in [0.15, 0.2) is 58.9 Å². The van der Waals surface area contributed by atoms with Crippen molar-refractivity contribution in [2.45, 2.75) is 44.2 Å². The van der Waals surface area contributed by atoms with Crippen LogP contribution < -0.4 is 0 Å². The number of carbonyl (C=O) groups is 1. The number of para-hydroxylation sites is 1. The summed E-state index contributed by atoms with van der Waals surface area (Å²) in [6.45, 7) is 6.81. The van der Waals surface area contributed by atoms with Gasteiger partial charge in [-0.3, -0.25) is 15.0 Å². The molecule has 0 radical (unpaired) electrons. The minimum absolute atomic E-state index is 0.253. The summed E-state index contributed by atoms with van der Waals surface area (Å²) in [5.41, 5.74) is 2.71. The Balaban J connectivity index is 2.06. The van der Waals surface area contributed by atoms with Crippen LogP contribution in [0.3, 0.4) is 0 Å². The third-order valence-electron chi connectivity index (χ3n) is 5.72. The van der Waals surface area contributed by atoms with Crippen molar-refractivity contribution in [3.8, 4) is 10.4 Å². The molecule has 1 amide bonds. The SMILES string of the molecule is Cc1ncsc1-c1ccc(C(CN(C)S(=O)(=O)c2ccccc2[N+](=O)[O-])N(C(=O)O)C(C)(C)C)cc1. The first-order valence-corrected chi connectivity index (χ1v) is 13.3. The summed E-state index contributed by atoms with van der Waals surface area (Å²) in [6.07, 6.45) is -1.22. The van der Waals surface area contributed by atoms with Crippen molar-refractivity contribution in [1.29, 1.82) is 0 Å². The summed E-state index contributed by atoms with van der Waals surface area (Å²) in [5, 5.41) is 21.5. The number of benzene rings is 2. The second-order valence-corrected chi connectivity index (χ2v) is 12.1. The third-order valence-corrected chi connectivity index (χ3v) is 8.57. The zero-order valence-corrected chi connectivity index (χ0v) is 22.2. The number of aryl methyl sites for hydroxylation is 1. The van der Waals surface area contributed by atoms with E-state index >= 15 is 0 Å². The van der Waals surface area contributed by atoms with E-state index in [1.54, 1.807) is 38.4 Å². The molecule has 0 fully saturated rings. The van der Waals surface area contributed by atoms with Gasteiger partial charge >= 0.3 is 6.09 Å². The number of carboxylic acid groups (broad SMARTS) is 1. The molecule has 0 aliphatic rings. The van der Waals surface area contributed by atoms with Gasteiger partial charge in [0.25, 0.3) is 5.69 Å². The molecule has 1 N–H and O–H groups in total. The summed E-state index contributed by atoms with van der Waals surface area (Å²) in [7, 11) is -3.02. The first-order chi connectivity index (χ1) is 16.7. The van der Waals surface area contributed by atoms with Gasteiger partial charge in [-0.1, -0.05) is 36.4 Å². The van der Waals surface area contributed by atoms with Crippen molar-refractivity contribution in [3.05, 3.63) is 75.4 Å². The van der Waals surface area contributed by atoms with Gasteiger partial charge in [0.05, 0.1) is 27.0 Å². The highest BCUT2D eigenvalue weighted by atomic mass is 32.2. The number of hydrogen-bond acceptors (Lipinski definition) is 7. The Labute approximate surface area is 214 Å². The molecular weight excluding hydrogens is 504 g/mol. The van der Waals surface area contributed by atoms with Gasteiger partial charge in [0, 0.05) is 25.2 Å². The number of rotatable bonds is 8. The first kappa shape index (κ1) is 27.2. The van der Waals surface area contributed by atoms with Crippen molar-refractivity contribution in [2.24, 2.45) is 0 Å². The zero-order chi connectivity index (χ0) is 26.8. The zero-order valence-electron chi connectivity index (χ0n) is 20.6. The van der Waals surface area contributed by atoms with E-state index in [9.17, 15) is 28.4 Å². The molecular formula is C24H28N4O6S2. The Morgan fingerprint density at radius 3 is 2.28 bits per heavy atom. The van der Waals surface area contributed by atoms with E-state index in [0.717, 1.165) is 26.5 Å². The van der Waals surface area contributed by atoms with E-state index < -0.39 is 43.2 Å². The number of likely N-dealkylation sites (N-methyl/N-ethyl adjacent to an activating group) is 1. The lowest BCUT2D eigenvalue weighted by Crippen LogP contribution is -2.50. The molecule has 0 spiro atoms. The largest absolute Gasteiger partial charge is 0.465 e. The average molecular weight is 533 g/mol.